The van der Waals surface area contributed by atoms with Gasteiger partial charge in [0.15, 0.2) is 0 Å². The molecule has 1 aliphatic rings. The van der Waals surface area contributed by atoms with Gasteiger partial charge in [-0.2, -0.15) is 0 Å². The smallest absolute Gasteiger partial charge is 0.226 e. The van der Waals surface area contributed by atoms with Crippen LogP contribution in [0.15, 0.2) is 30.3 Å². The third-order valence-electron chi connectivity index (χ3n) is 4.05. The van der Waals surface area contributed by atoms with Crippen LogP contribution in [-0.2, 0) is 16.1 Å². The molecule has 1 aliphatic carbocycles. The minimum absolute atomic E-state index is 0.226. The van der Waals surface area contributed by atoms with Crippen LogP contribution in [0.4, 0.5) is 0 Å². The Morgan fingerprint density at radius 1 is 1.20 bits per heavy atom. The highest BCUT2D eigenvalue weighted by Crippen LogP contribution is 2.26. The molecule has 1 amide bonds. The summed E-state index contributed by atoms with van der Waals surface area (Å²) in [6, 6.07) is 10.2. The van der Waals surface area contributed by atoms with E-state index in [9.17, 15) is 4.79 Å². The molecule has 0 aromatic heterocycles. The first-order valence-electron chi connectivity index (χ1n) is 7.63. The van der Waals surface area contributed by atoms with E-state index in [0.717, 1.165) is 12.8 Å². The van der Waals surface area contributed by atoms with Crippen molar-refractivity contribution in [1.29, 1.82) is 0 Å². The van der Waals surface area contributed by atoms with Crippen LogP contribution >= 0.6 is 0 Å². The first-order valence-corrected chi connectivity index (χ1v) is 7.63. The maximum atomic E-state index is 12.7. The van der Waals surface area contributed by atoms with Crippen LogP contribution in [0, 0.1) is 5.92 Å². The number of hydrogen-bond donors (Lipinski definition) is 0. The van der Waals surface area contributed by atoms with E-state index in [2.05, 4.69) is 12.1 Å². The molecule has 1 saturated carbocycles. The van der Waals surface area contributed by atoms with Crippen molar-refractivity contribution in [2.45, 2.75) is 38.6 Å². The van der Waals surface area contributed by atoms with Gasteiger partial charge < -0.3 is 9.64 Å². The molecule has 1 aromatic rings. The fourth-order valence-corrected chi connectivity index (χ4v) is 2.88. The van der Waals surface area contributed by atoms with Gasteiger partial charge in [-0.25, -0.2) is 0 Å². The van der Waals surface area contributed by atoms with E-state index in [4.69, 9.17) is 4.74 Å². The van der Waals surface area contributed by atoms with Gasteiger partial charge in [-0.05, 0) is 18.4 Å². The van der Waals surface area contributed by atoms with Crippen LogP contribution in [0.5, 0.6) is 0 Å². The molecule has 0 heterocycles. The fourth-order valence-electron chi connectivity index (χ4n) is 2.88. The van der Waals surface area contributed by atoms with Gasteiger partial charge in [0.25, 0.3) is 0 Å². The third kappa shape index (κ3) is 4.34. The average molecular weight is 275 g/mol. The third-order valence-corrected chi connectivity index (χ3v) is 4.05. The zero-order chi connectivity index (χ0) is 14.2. The van der Waals surface area contributed by atoms with Crippen molar-refractivity contribution in [2.24, 2.45) is 5.92 Å². The van der Waals surface area contributed by atoms with Crippen LogP contribution in [0.25, 0.3) is 0 Å². The van der Waals surface area contributed by atoms with E-state index in [1.54, 1.807) is 7.11 Å². The summed E-state index contributed by atoms with van der Waals surface area (Å²) in [5, 5.41) is 0. The lowest BCUT2D eigenvalue weighted by Gasteiger charge is -2.29. The number of nitrogens with zero attached hydrogens (tertiary/aromatic N) is 1. The van der Waals surface area contributed by atoms with Gasteiger partial charge >= 0.3 is 0 Å². The normalized spacial score (nSPS) is 16.1. The Hall–Kier alpha value is -1.35. The molecule has 0 unspecified atom stereocenters. The Bertz CT molecular complexity index is 399. The molecular formula is C17H25NO2. The molecule has 0 spiro atoms. The maximum absolute atomic E-state index is 12.7. The number of methoxy groups -OCH3 is 1. The zero-order valence-corrected chi connectivity index (χ0v) is 12.4. The highest BCUT2D eigenvalue weighted by Gasteiger charge is 2.25. The molecule has 0 bridgehead atoms. The van der Waals surface area contributed by atoms with Gasteiger partial charge in [0.1, 0.15) is 0 Å². The lowest BCUT2D eigenvalue weighted by Crippen LogP contribution is -2.38. The molecule has 3 nitrogen and oxygen atoms in total. The molecule has 110 valence electrons. The summed E-state index contributed by atoms with van der Waals surface area (Å²) in [6.07, 6.45) is 5.77. The van der Waals surface area contributed by atoms with Crippen molar-refractivity contribution in [3.63, 3.8) is 0 Å². The first kappa shape index (κ1) is 15.0. The highest BCUT2D eigenvalue weighted by atomic mass is 16.5. The van der Waals surface area contributed by atoms with E-state index < -0.39 is 0 Å². The number of amides is 1. The van der Waals surface area contributed by atoms with Crippen molar-refractivity contribution in [3.8, 4) is 0 Å². The van der Waals surface area contributed by atoms with E-state index in [0.29, 0.717) is 25.6 Å². The van der Waals surface area contributed by atoms with Crippen molar-refractivity contribution in [1.82, 2.24) is 4.90 Å². The number of carbonyl (C=O) groups is 1. The number of carbonyl (C=O) groups excluding carboxylic acids is 1. The summed E-state index contributed by atoms with van der Waals surface area (Å²) >= 11 is 0. The minimum atomic E-state index is 0.226. The van der Waals surface area contributed by atoms with Crippen LogP contribution in [-0.4, -0.2) is 31.1 Å². The molecule has 20 heavy (non-hydrogen) atoms. The summed E-state index contributed by atoms with van der Waals surface area (Å²) in [7, 11) is 1.69. The Kier molecular flexibility index (Phi) is 6.06. The van der Waals surface area contributed by atoms with Gasteiger partial charge in [-0.1, -0.05) is 49.6 Å². The second kappa shape index (κ2) is 8.05. The predicted molar refractivity (Wildman–Crippen MR) is 80.3 cm³/mol. The van der Waals surface area contributed by atoms with Crippen LogP contribution < -0.4 is 0 Å². The largest absolute Gasteiger partial charge is 0.383 e. The molecule has 0 saturated heterocycles. The molecule has 1 fully saturated rings. The lowest BCUT2D eigenvalue weighted by atomic mass is 9.88. The number of hydrogen-bond acceptors (Lipinski definition) is 2. The van der Waals surface area contributed by atoms with Gasteiger partial charge in [0.05, 0.1) is 6.61 Å². The Balaban J connectivity index is 2.00. The van der Waals surface area contributed by atoms with Gasteiger partial charge in [-0.3, -0.25) is 4.79 Å². The zero-order valence-electron chi connectivity index (χ0n) is 12.4. The quantitative estimate of drug-likeness (QED) is 0.797. The lowest BCUT2D eigenvalue weighted by molar-refractivity contribution is -0.137. The van der Waals surface area contributed by atoms with E-state index in [-0.39, 0.29) is 5.92 Å². The second-order valence-electron chi connectivity index (χ2n) is 5.57. The summed E-state index contributed by atoms with van der Waals surface area (Å²) in [5.74, 6) is 0.537. The van der Waals surface area contributed by atoms with Gasteiger partial charge in [0.2, 0.25) is 5.91 Å². The van der Waals surface area contributed by atoms with Crippen molar-refractivity contribution >= 4 is 5.91 Å². The number of benzene rings is 1. The van der Waals surface area contributed by atoms with E-state index in [1.165, 1.54) is 24.8 Å². The molecular weight excluding hydrogens is 250 g/mol. The standard InChI is InChI=1S/C17H25NO2/c1-20-13-12-18(14-15-8-4-2-5-9-15)17(19)16-10-6-3-7-11-16/h2,4-5,8-9,16H,3,6-7,10-14H2,1H3. The molecule has 3 heteroatoms. The number of ether oxygens (including phenoxy) is 1. The fraction of sp³-hybridized carbons (Fsp3) is 0.588. The highest BCUT2D eigenvalue weighted by molar-refractivity contribution is 5.79. The molecule has 0 N–H and O–H groups in total. The van der Waals surface area contributed by atoms with Crippen LogP contribution in [0.3, 0.4) is 0 Å². The Morgan fingerprint density at radius 3 is 2.55 bits per heavy atom. The molecule has 0 radical (unpaired) electrons. The molecule has 1 aromatic carbocycles. The monoisotopic (exact) mass is 275 g/mol. The topological polar surface area (TPSA) is 29.5 Å². The van der Waals surface area contributed by atoms with E-state index >= 15 is 0 Å². The maximum Gasteiger partial charge on any atom is 0.226 e. The average Bonchev–Trinajstić information content (AvgIpc) is 2.52. The summed E-state index contributed by atoms with van der Waals surface area (Å²) in [5.41, 5.74) is 1.19. The Morgan fingerprint density at radius 2 is 1.90 bits per heavy atom. The second-order valence-corrected chi connectivity index (χ2v) is 5.57. The summed E-state index contributed by atoms with van der Waals surface area (Å²) in [4.78, 5) is 14.6. The van der Waals surface area contributed by atoms with E-state index in [1.807, 2.05) is 23.1 Å². The van der Waals surface area contributed by atoms with Crippen LogP contribution in [0.2, 0.25) is 0 Å². The minimum Gasteiger partial charge on any atom is -0.383 e. The van der Waals surface area contributed by atoms with Crippen molar-refractivity contribution in [3.05, 3.63) is 35.9 Å². The summed E-state index contributed by atoms with van der Waals surface area (Å²) < 4.78 is 5.15. The Labute approximate surface area is 121 Å². The number of rotatable bonds is 6. The first-order chi connectivity index (χ1) is 9.81. The summed E-state index contributed by atoms with van der Waals surface area (Å²) in [6.45, 7) is 1.98. The van der Waals surface area contributed by atoms with Crippen molar-refractivity contribution < 1.29 is 9.53 Å². The predicted octanol–water partition coefficient (Wildman–Crippen LogP) is 3.24. The molecule has 0 aliphatic heterocycles. The SMILES string of the molecule is COCCN(Cc1ccccc1)C(=O)C1CCCCC1. The molecule has 0 atom stereocenters. The van der Waals surface area contributed by atoms with Gasteiger partial charge in [0, 0.05) is 26.1 Å². The van der Waals surface area contributed by atoms with Crippen LogP contribution in [0.1, 0.15) is 37.7 Å². The van der Waals surface area contributed by atoms with Crippen molar-refractivity contribution in [2.75, 3.05) is 20.3 Å². The molecule has 2 rings (SSSR count). The van der Waals surface area contributed by atoms with Gasteiger partial charge in [-0.15, -0.1) is 0 Å².